The number of halogens is 3. The lowest BCUT2D eigenvalue weighted by Crippen LogP contribution is -2.31. The smallest absolute Gasteiger partial charge is 0.355 e. The Morgan fingerprint density at radius 1 is 1.06 bits per heavy atom. The number of nitrogens with one attached hydrogen (secondary N) is 2. The van der Waals surface area contributed by atoms with Crippen LogP contribution in [-0.4, -0.2) is 26.0 Å². The molecule has 1 heterocycles. The second-order valence-electron chi connectivity index (χ2n) is 9.21. The minimum Gasteiger partial charge on any atom is -0.355 e. The molecule has 186 valence electrons. The zero-order valence-electron chi connectivity index (χ0n) is 20.2. The molecule has 1 aliphatic heterocycles. The SMILES string of the molecule is C#Cc1ccc(C(Cc2cccc(-c3cccc(C(=O)NC)c3)c2)C2CCNCC2)cc1C(F)(F)F. The topological polar surface area (TPSA) is 41.1 Å². The molecule has 0 radical (unpaired) electrons. The monoisotopic (exact) mass is 490 g/mol. The predicted molar refractivity (Wildman–Crippen MR) is 137 cm³/mol. The number of amides is 1. The summed E-state index contributed by atoms with van der Waals surface area (Å²) in [6.45, 7) is 1.70. The molecule has 3 aromatic rings. The summed E-state index contributed by atoms with van der Waals surface area (Å²) in [6, 6.07) is 19.8. The zero-order valence-corrected chi connectivity index (χ0v) is 20.2. The van der Waals surface area contributed by atoms with E-state index in [-0.39, 0.29) is 23.3 Å². The van der Waals surface area contributed by atoms with Gasteiger partial charge in [-0.2, -0.15) is 13.2 Å². The normalized spacial score (nSPS) is 15.2. The van der Waals surface area contributed by atoms with Crippen LogP contribution in [0.5, 0.6) is 0 Å². The van der Waals surface area contributed by atoms with Gasteiger partial charge in [-0.05, 0) is 90.7 Å². The molecule has 0 aliphatic carbocycles. The van der Waals surface area contributed by atoms with Gasteiger partial charge in [0.2, 0.25) is 0 Å². The number of hydrogen-bond acceptors (Lipinski definition) is 2. The summed E-state index contributed by atoms with van der Waals surface area (Å²) in [5, 5.41) is 5.99. The quantitative estimate of drug-likeness (QED) is 0.414. The van der Waals surface area contributed by atoms with Gasteiger partial charge in [-0.25, -0.2) is 0 Å². The molecular weight excluding hydrogens is 461 g/mol. The molecule has 1 aliphatic rings. The highest BCUT2D eigenvalue weighted by Crippen LogP contribution is 2.39. The molecule has 6 heteroatoms. The van der Waals surface area contributed by atoms with Crippen molar-refractivity contribution >= 4 is 5.91 Å². The van der Waals surface area contributed by atoms with E-state index in [1.165, 1.54) is 12.1 Å². The fourth-order valence-corrected chi connectivity index (χ4v) is 5.07. The van der Waals surface area contributed by atoms with Crippen LogP contribution in [0.4, 0.5) is 13.2 Å². The summed E-state index contributed by atoms with van der Waals surface area (Å²) in [4.78, 5) is 12.1. The third-order valence-corrected chi connectivity index (χ3v) is 6.95. The van der Waals surface area contributed by atoms with E-state index in [0.717, 1.165) is 42.6 Å². The second kappa shape index (κ2) is 11.0. The highest BCUT2D eigenvalue weighted by molar-refractivity contribution is 5.95. The summed E-state index contributed by atoms with van der Waals surface area (Å²) in [6.07, 6.45) is 3.27. The Labute approximate surface area is 210 Å². The average molecular weight is 491 g/mol. The third-order valence-electron chi connectivity index (χ3n) is 6.95. The van der Waals surface area contributed by atoms with Crippen LogP contribution in [0.1, 0.15) is 51.4 Å². The standard InChI is InChI=1S/C30H29F3N2O/c1-3-21-10-11-25(19-28(21)30(31,32)33)27(22-12-14-35-15-13-22)17-20-6-4-7-23(16-20)24-8-5-9-26(18-24)29(36)34-2/h1,4-11,16,18-19,22,27,35H,12-15,17H2,2H3,(H,34,36). The number of carbonyl (C=O) groups is 1. The Morgan fingerprint density at radius 3 is 2.42 bits per heavy atom. The third kappa shape index (κ3) is 5.80. The van der Waals surface area contributed by atoms with Crippen LogP contribution in [0, 0.1) is 18.3 Å². The molecule has 1 saturated heterocycles. The highest BCUT2D eigenvalue weighted by atomic mass is 19.4. The van der Waals surface area contributed by atoms with Crippen molar-refractivity contribution in [3.63, 3.8) is 0 Å². The summed E-state index contributed by atoms with van der Waals surface area (Å²) in [7, 11) is 1.59. The van der Waals surface area contributed by atoms with E-state index in [1.807, 2.05) is 36.4 Å². The van der Waals surface area contributed by atoms with E-state index in [1.54, 1.807) is 19.2 Å². The van der Waals surface area contributed by atoms with Crippen molar-refractivity contribution < 1.29 is 18.0 Å². The molecule has 36 heavy (non-hydrogen) atoms. The molecule has 0 bridgehead atoms. The fourth-order valence-electron chi connectivity index (χ4n) is 5.07. The van der Waals surface area contributed by atoms with Crippen molar-refractivity contribution in [2.24, 2.45) is 5.92 Å². The van der Waals surface area contributed by atoms with Crippen LogP contribution in [0.15, 0.2) is 66.7 Å². The second-order valence-corrected chi connectivity index (χ2v) is 9.21. The molecule has 1 unspecified atom stereocenters. The Morgan fingerprint density at radius 2 is 1.75 bits per heavy atom. The van der Waals surface area contributed by atoms with E-state index in [0.29, 0.717) is 17.5 Å². The Balaban J connectivity index is 1.70. The van der Waals surface area contributed by atoms with Crippen LogP contribution < -0.4 is 10.6 Å². The van der Waals surface area contributed by atoms with Gasteiger partial charge in [-0.15, -0.1) is 6.42 Å². The Bertz CT molecular complexity index is 1270. The summed E-state index contributed by atoms with van der Waals surface area (Å²) in [5.74, 6) is 2.20. The first-order valence-electron chi connectivity index (χ1n) is 12.1. The average Bonchev–Trinajstić information content (AvgIpc) is 2.91. The molecule has 1 amide bonds. The molecule has 2 N–H and O–H groups in total. The molecule has 1 atom stereocenters. The lowest BCUT2D eigenvalue weighted by molar-refractivity contribution is -0.137. The van der Waals surface area contributed by atoms with Gasteiger partial charge in [0.25, 0.3) is 5.91 Å². The number of piperidine rings is 1. The van der Waals surface area contributed by atoms with Crippen molar-refractivity contribution in [1.82, 2.24) is 10.6 Å². The van der Waals surface area contributed by atoms with Crippen LogP contribution in [0.25, 0.3) is 11.1 Å². The maximum atomic E-state index is 13.8. The van der Waals surface area contributed by atoms with E-state index >= 15 is 0 Å². The maximum Gasteiger partial charge on any atom is 0.417 e. The molecular formula is C30H29F3N2O. The first kappa shape index (κ1) is 25.5. The van der Waals surface area contributed by atoms with Crippen LogP contribution in [0.2, 0.25) is 0 Å². The van der Waals surface area contributed by atoms with E-state index < -0.39 is 11.7 Å². The fraction of sp³-hybridized carbons (Fsp3) is 0.300. The summed E-state index contributed by atoms with van der Waals surface area (Å²) >= 11 is 0. The van der Waals surface area contributed by atoms with E-state index in [4.69, 9.17) is 6.42 Å². The number of benzene rings is 3. The summed E-state index contributed by atoms with van der Waals surface area (Å²) < 4.78 is 41.3. The van der Waals surface area contributed by atoms with E-state index in [9.17, 15) is 18.0 Å². The lowest BCUT2D eigenvalue weighted by atomic mass is 9.76. The van der Waals surface area contributed by atoms with Gasteiger partial charge < -0.3 is 10.6 Å². The molecule has 3 aromatic carbocycles. The highest BCUT2D eigenvalue weighted by Gasteiger charge is 2.35. The van der Waals surface area contributed by atoms with E-state index in [2.05, 4.69) is 22.6 Å². The van der Waals surface area contributed by atoms with Crippen molar-refractivity contribution in [1.29, 1.82) is 0 Å². The number of alkyl halides is 3. The molecule has 4 rings (SSSR count). The lowest BCUT2D eigenvalue weighted by Gasteiger charge is -2.32. The summed E-state index contributed by atoms with van der Waals surface area (Å²) in [5.41, 5.74) is 3.27. The maximum absolute atomic E-state index is 13.8. The number of terminal acetylenes is 1. The molecule has 0 aromatic heterocycles. The minimum atomic E-state index is -4.51. The van der Waals surface area contributed by atoms with Crippen molar-refractivity contribution in [2.45, 2.75) is 31.4 Å². The zero-order chi connectivity index (χ0) is 25.7. The number of hydrogen-bond donors (Lipinski definition) is 2. The van der Waals surface area contributed by atoms with Crippen molar-refractivity contribution in [2.75, 3.05) is 20.1 Å². The largest absolute Gasteiger partial charge is 0.417 e. The molecule has 1 fully saturated rings. The minimum absolute atomic E-state index is 0.0764. The van der Waals surface area contributed by atoms with Gasteiger partial charge in [-0.3, -0.25) is 4.79 Å². The molecule has 0 saturated carbocycles. The Hall–Kier alpha value is -3.56. The van der Waals surface area contributed by atoms with Crippen LogP contribution in [0.3, 0.4) is 0 Å². The molecule has 3 nitrogen and oxygen atoms in total. The van der Waals surface area contributed by atoms with Crippen molar-refractivity contribution in [3.8, 4) is 23.5 Å². The molecule has 0 spiro atoms. The van der Waals surface area contributed by atoms with Crippen molar-refractivity contribution in [3.05, 3.63) is 94.5 Å². The van der Waals surface area contributed by atoms with Crippen LogP contribution >= 0.6 is 0 Å². The van der Waals surface area contributed by atoms with Crippen LogP contribution in [-0.2, 0) is 12.6 Å². The number of rotatable bonds is 6. The first-order chi connectivity index (χ1) is 17.3. The first-order valence-corrected chi connectivity index (χ1v) is 12.1. The Kier molecular flexibility index (Phi) is 7.81. The predicted octanol–water partition coefficient (Wildman–Crippen LogP) is 6.04. The van der Waals surface area contributed by atoms with Gasteiger partial charge in [-0.1, -0.05) is 48.4 Å². The number of carbonyl (C=O) groups excluding carboxylic acids is 1. The van der Waals surface area contributed by atoms with Gasteiger partial charge in [0.1, 0.15) is 0 Å². The van der Waals surface area contributed by atoms with Gasteiger partial charge in [0, 0.05) is 18.2 Å². The van der Waals surface area contributed by atoms with Gasteiger partial charge >= 0.3 is 6.18 Å². The van der Waals surface area contributed by atoms with Gasteiger partial charge in [0.15, 0.2) is 0 Å². The van der Waals surface area contributed by atoms with Gasteiger partial charge in [0.05, 0.1) is 5.56 Å².